The number of hydrogen-bond acceptors (Lipinski definition) is 7. The topological polar surface area (TPSA) is 105 Å². The number of piperazine rings is 1. The van der Waals surface area contributed by atoms with E-state index in [1.165, 1.54) is 17.1 Å². The number of urea groups is 1. The van der Waals surface area contributed by atoms with Crippen LogP contribution in [0.25, 0.3) is 5.82 Å². The first kappa shape index (κ1) is 21.7. The van der Waals surface area contributed by atoms with Gasteiger partial charge in [0.15, 0.2) is 12.0 Å². The molecule has 174 valence electrons. The molecule has 1 saturated heterocycles. The highest BCUT2D eigenvalue weighted by atomic mass is 19.1. The van der Waals surface area contributed by atoms with Gasteiger partial charge in [-0.05, 0) is 23.8 Å². The summed E-state index contributed by atoms with van der Waals surface area (Å²) in [7, 11) is 0. The number of hydrogen-bond donors (Lipinski definition) is 1. The van der Waals surface area contributed by atoms with Crippen LogP contribution in [0.3, 0.4) is 0 Å². The van der Waals surface area contributed by atoms with Gasteiger partial charge in [-0.25, -0.2) is 23.6 Å². The molecule has 1 aromatic heterocycles. The molecule has 2 aromatic rings. The number of allylic oxidation sites excluding steroid dienone is 1. The number of halogens is 2. The van der Waals surface area contributed by atoms with E-state index in [0.29, 0.717) is 43.9 Å². The fourth-order valence-electron chi connectivity index (χ4n) is 4.22. The summed E-state index contributed by atoms with van der Waals surface area (Å²) in [5.41, 5.74) is 0.693. The zero-order chi connectivity index (χ0) is 23.7. The van der Waals surface area contributed by atoms with Crippen LogP contribution in [0.15, 0.2) is 46.9 Å². The zero-order valence-electron chi connectivity index (χ0n) is 18.1. The number of amides is 2. The van der Waals surface area contributed by atoms with Gasteiger partial charge >= 0.3 is 6.03 Å². The van der Waals surface area contributed by atoms with Gasteiger partial charge in [-0.15, -0.1) is 0 Å². The van der Waals surface area contributed by atoms with Crippen molar-refractivity contribution in [2.45, 2.75) is 18.8 Å². The van der Waals surface area contributed by atoms with Gasteiger partial charge in [0.1, 0.15) is 29.9 Å². The van der Waals surface area contributed by atoms with Crippen molar-refractivity contribution in [2.75, 3.05) is 26.2 Å². The van der Waals surface area contributed by atoms with Crippen molar-refractivity contribution in [1.82, 2.24) is 29.7 Å². The largest absolute Gasteiger partial charge is 0.341 e. The van der Waals surface area contributed by atoms with Crippen LogP contribution in [0.2, 0.25) is 0 Å². The molecule has 1 fully saturated rings. The standard InChI is InChI=1S/C22H21F2N9O/c23-16-9-15(10-17(24)11-16)19-1-4-28-33(19)22(34)31-7-5-30(6-8-31)21-26-3-2-20(29-21)32-13-18(12-25)27-14-32/h2-4,9-11,13-14,19,21,29H,1,5-8H2. The Balaban J connectivity index is 1.20. The van der Waals surface area contributed by atoms with E-state index in [4.69, 9.17) is 5.26 Å². The average molecular weight is 465 g/mol. The summed E-state index contributed by atoms with van der Waals surface area (Å²) in [5, 5.41) is 17.8. The summed E-state index contributed by atoms with van der Waals surface area (Å²) >= 11 is 0. The third kappa shape index (κ3) is 4.25. The Bertz CT molecular complexity index is 1200. The van der Waals surface area contributed by atoms with Crippen molar-refractivity contribution in [2.24, 2.45) is 10.1 Å². The number of carbonyl (C=O) groups is 1. The second-order valence-corrected chi connectivity index (χ2v) is 8.05. The Kier molecular flexibility index (Phi) is 5.77. The predicted molar refractivity (Wildman–Crippen MR) is 119 cm³/mol. The highest BCUT2D eigenvalue weighted by Gasteiger charge is 2.34. The molecule has 0 aliphatic carbocycles. The van der Waals surface area contributed by atoms with E-state index >= 15 is 0 Å². The Morgan fingerprint density at radius 3 is 2.62 bits per heavy atom. The van der Waals surface area contributed by atoms with E-state index < -0.39 is 17.7 Å². The number of aliphatic imine (C=N–C) groups is 1. The van der Waals surface area contributed by atoms with Crippen molar-refractivity contribution in [3.8, 4) is 6.07 Å². The number of hydrazone groups is 1. The van der Waals surface area contributed by atoms with Gasteiger partial charge in [0.2, 0.25) is 0 Å². The van der Waals surface area contributed by atoms with Crippen LogP contribution in [-0.4, -0.2) is 75.3 Å². The molecule has 5 rings (SSSR count). The van der Waals surface area contributed by atoms with Crippen molar-refractivity contribution in [3.63, 3.8) is 0 Å². The van der Waals surface area contributed by atoms with Crippen LogP contribution >= 0.6 is 0 Å². The van der Waals surface area contributed by atoms with E-state index in [1.807, 2.05) is 6.07 Å². The van der Waals surface area contributed by atoms with E-state index in [2.05, 4.69) is 25.3 Å². The van der Waals surface area contributed by atoms with E-state index in [1.54, 1.807) is 40.5 Å². The Morgan fingerprint density at radius 2 is 1.91 bits per heavy atom. The minimum absolute atomic E-state index is 0.300. The lowest BCUT2D eigenvalue weighted by Crippen LogP contribution is -2.57. The molecule has 3 aliphatic rings. The molecule has 2 atom stereocenters. The van der Waals surface area contributed by atoms with Crippen LogP contribution in [0.1, 0.15) is 23.7 Å². The molecule has 0 radical (unpaired) electrons. The summed E-state index contributed by atoms with van der Waals surface area (Å²) in [6.45, 7) is 2.04. The van der Waals surface area contributed by atoms with Crippen molar-refractivity contribution in [1.29, 1.82) is 5.26 Å². The van der Waals surface area contributed by atoms with Gasteiger partial charge in [0.25, 0.3) is 0 Å². The molecule has 0 saturated carbocycles. The molecule has 1 aromatic carbocycles. The number of carbonyl (C=O) groups excluding carboxylic acids is 1. The van der Waals surface area contributed by atoms with E-state index in [-0.39, 0.29) is 12.3 Å². The third-order valence-corrected chi connectivity index (χ3v) is 5.94. The number of aromatic nitrogens is 2. The minimum Gasteiger partial charge on any atom is -0.337 e. The summed E-state index contributed by atoms with van der Waals surface area (Å²) in [5.74, 6) is -0.628. The summed E-state index contributed by atoms with van der Waals surface area (Å²) in [4.78, 5) is 25.4. The molecule has 1 N–H and O–H groups in total. The molecule has 0 bridgehead atoms. The van der Waals surface area contributed by atoms with Crippen molar-refractivity contribution >= 4 is 24.3 Å². The minimum atomic E-state index is -0.684. The molecule has 3 aliphatic heterocycles. The van der Waals surface area contributed by atoms with Crippen LogP contribution in [0, 0.1) is 23.0 Å². The molecular formula is C22H21F2N9O. The van der Waals surface area contributed by atoms with Crippen molar-refractivity contribution < 1.29 is 13.6 Å². The quantitative estimate of drug-likeness (QED) is 0.746. The maximum Gasteiger partial charge on any atom is 0.341 e. The first-order valence-corrected chi connectivity index (χ1v) is 10.8. The number of benzene rings is 1. The number of nitriles is 1. The van der Waals surface area contributed by atoms with E-state index in [9.17, 15) is 13.6 Å². The molecule has 12 heteroatoms. The van der Waals surface area contributed by atoms with Gasteiger partial charge < -0.3 is 10.2 Å². The first-order chi connectivity index (χ1) is 16.5. The molecule has 10 nitrogen and oxygen atoms in total. The fraction of sp³-hybridized carbons (Fsp3) is 0.318. The lowest BCUT2D eigenvalue weighted by atomic mass is 10.0. The number of nitrogens with zero attached hydrogens (tertiary/aromatic N) is 8. The molecule has 2 amide bonds. The first-order valence-electron chi connectivity index (χ1n) is 10.8. The fourth-order valence-corrected chi connectivity index (χ4v) is 4.22. The smallest absolute Gasteiger partial charge is 0.337 e. The maximum atomic E-state index is 13.7. The average Bonchev–Trinajstić information content (AvgIpc) is 3.53. The van der Waals surface area contributed by atoms with Crippen LogP contribution < -0.4 is 5.32 Å². The lowest BCUT2D eigenvalue weighted by molar-refractivity contribution is 0.0827. The maximum absolute atomic E-state index is 13.7. The number of nitrogens with one attached hydrogen (secondary N) is 1. The van der Waals surface area contributed by atoms with Gasteiger partial charge in [-0.3, -0.25) is 14.5 Å². The normalized spacial score (nSPS) is 22.4. The molecular weight excluding hydrogens is 444 g/mol. The van der Waals surface area contributed by atoms with Gasteiger partial charge in [0.05, 0.1) is 6.04 Å². The number of rotatable bonds is 3. The van der Waals surface area contributed by atoms with Gasteiger partial charge in [-0.2, -0.15) is 10.4 Å². The summed E-state index contributed by atoms with van der Waals surface area (Å²) in [6, 6.07) is 4.44. The second kappa shape index (κ2) is 9.03. The molecule has 4 heterocycles. The summed E-state index contributed by atoms with van der Waals surface area (Å²) in [6.07, 6.45) is 8.33. The zero-order valence-corrected chi connectivity index (χ0v) is 18.1. The third-order valence-electron chi connectivity index (χ3n) is 5.94. The van der Waals surface area contributed by atoms with Crippen LogP contribution in [0.5, 0.6) is 0 Å². The predicted octanol–water partition coefficient (Wildman–Crippen LogP) is 1.96. The Labute approximate surface area is 194 Å². The van der Waals surface area contributed by atoms with Gasteiger partial charge in [0, 0.05) is 57.3 Å². The molecule has 0 spiro atoms. The lowest BCUT2D eigenvalue weighted by Gasteiger charge is -2.40. The SMILES string of the molecule is N#Cc1cn(C2=CC=NC(N3CCN(C(=O)N4N=CCC4c4cc(F)cc(F)c4)CC3)N2)cn1. The second-order valence-electron chi connectivity index (χ2n) is 8.05. The van der Waals surface area contributed by atoms with Gasteiger partial charge in [-0.1, -0.05) is 0 Å². The monoisotopic (exact) mass is 465 g/mol. The Hall–Kier alpha value is -4.11. The highest BCUT2D eigenvalue weighted by molar-refractivity contribution is 5.80. The van der Waals surface area contributed by atoms with Crippen LogP contribution in [-0.2, 0) is 0 Å². The van der Waals surface area contributed by atoms with Crippen molar-refractivity contribution in [3.05, 3.63) is 59.7 Å². The van der Waals surface area contributed by atoms with Crippen LogP contribution in [0.4, 0.5) is 13.6 Å². The highest BCUT2D eigenvalue weighted by Crippen LogP contribution is 2.30. The summed E-state index contributed by atoms with van der Waals surface area (Å²) < 4.78 is 29.1. The molecule has 34 heavy (non-hydrogen) atoms. The Morgan fingerprint density at radius 1 is 1.15 bits per heavy atom. The molecule has 2 unspecified atom stereocenters. The van der Waals surface area contributed by atoms with E-state index in [0.717, 1.165) is 11.9 Å². The number of imidazole rings is 1.